The van der Waals surface area contributed by atoms with Gasteiger partial charge in [-0.25, -0.2) is 9.55 Å². The molecule has 1 aromatic carbocycles. The molecule has 2 aromatic heterocycles. The van der Waals surface area contributed by atoms with E-state index in [1.54, 1.807) is 11.3 Å². The summed E-state index contributed by atoms with van der Waals surface area (Å²) in [7, 11) is 0. The summed E-state index contributed by atoms with van der Waals surface area (Å²) in [6.45, 7) is 3.08. The van der Waals surface area contributed by atoms with Crippen molar-refractivity contribution in [3.05, 3.63) is 47.7 Å². The number of rotatable bonds is 2. The van der Waals surface area contributed by atoms with Crippen molar-refractivity contribution >= 4 is 33.2 Å². The zero-order chi connectivity index (χ0) is 12.5. The van der Waals surface area contributed by atoms with E-state index in [0.29, 0.717) is 5.02 Å². The Bertz CT molecular complexity index is 706. The molecular formula is C14H12ClN2S+. The highest BCUT2D eigenvalue weighted by Gasteiger charge is 2.11. The Morgan fingerprint density at radius 2 is 2.17 bits per heavy atom. The van der Waals surface area contributed by atoms with Gasteiger partial charge in [0.2, 0.25) is 0 Å². The normalized spacial score (nSPS) is 11.0. The van der Waals surface area contributed by atoms with Crippen LogP contribution in [-0.2, 0) is 6.54 Å². The van der Waals surface area contributed by atoms with Crippen LogP contribution in [0.2, 0.25) is 5.02 Å². The van der Waals surface area contributed by atoms with Gasteiger partial charge in [0.05, 0.1) is 15.3 Å². The van der Waals surface area contributed by atoms with Gasteiger partial charge in [-0.05, 0) is 25.1 Å². The topological polar surface area (TPSA) is 16.8 Å². The van der Waals surface area contributed by atoms with Crippen LogP contribution in [0.25, 0.3) is 20.8 Å². The third-order valence-electron chi connectivity index (χ3n) is 2.84. The van der Waals surface area contributed by atoms with Gasteiger partial charge >= 0.3 is 0 Å². The van der Waals surface area contributed by atoms with Gasteiger partial charge in [0.25, 0.3) is 0 Å². The molecule has 90 valence electrons. The number of pyridine rings is 1. The minimum absolute atomic E-state index is 0.717. The summed E-state index contributed by atoms with van der Waals surface area (Å²) in [4.78, 5) is 4.63. The number of thiazole rings is 1. The number of para-hydroxylation sites is 1. The number of aromatic nitrogens is 2. The van der Waals surface area contributed by atoms with E-state index in [1.165, 1.54) is 0 Å². The molecule has 0 N–H and O–H groups in total. The third kappa shape index (κ3) is 2.00. The molecule has 18 heavy (non-hydrogen) atoms. The van der Waals surface area contributed by atoms with E-state index in [-0.39, 0.29) is 0 Å². The highest BCUT2D eigenvalue weighted by molar-refractivity contribution is 7.21. The average molecular weight is 276 g/mol. The molecule has 0 atom stereocenters. The Morgan fingerprint density at radius 1 is 1.28 bits per heavy atom. The molecule has 0 aliphatic heterocycles. The fourth-order valence-corrected chi connectivity index (χ4v) is 3.14. The lowest BCUT2D eigenvalue weighted by molar-refractivity contribution is -0.693. The van der Waals surface area contributed by atoms with Crippen molar-refractivity contribution in [1.82, 2.24) is 4.98 Å². The Balaban J connectivity index is 2.16. The first-order valence-corrected chi connectivity index (χ1v) is 7.02. The zero-order valence-corrected chi connectivity index (χ0v) is 11.5. The largest absolute Gasteiger partial charge is 0.234 e. The lowest BCUT2D eigenvalue weighted by atomic mass is 10.3. The lowest BCUT2D eigenvalue weighted by Gasteiger charge is -1.94. The Kier molecular flexibility index (Phi) is 3.02. The number of fused-ring (bicyclic) bond motifs is 1. The van der Waals surface area contributed by atoms with Crippen LogP contribution < -0.4 is 4.57 Å². The van der Waals surface area contributed by atoms with E-state index in [9.17, 15) is 0 Å². The monoisotopic (exact) mass is 275 g/mol. The minimum Gasteiger partial charge on any atom is -0.234 e. The summed E-state index contributed by atoms with van der Waals surface area (Å²) in [6.07, 6.45) is 4.18. The highest BCUT2D eigenvalue weighted by atomic mass is 35.5. The number of benzene rings is 1. The maximum Gasteiger partial charge on any atom is 0.179 e. The van der Waals surface area contributed by atoms with Crippen LogP contribution >= 0.6 is 22.9 Å². The second kappa shape index (κ2) is 4.67. The summed E-state index contributed by atoms with van der Waals surface area (Å²) in [5, 5.41) is 1.73. The van der Waals surface area contributed by atoms with Gasteiger partial charge in [0.15, 0.2) is 12.4 Å². The molecule has 0 spiro atoms. The van der Waals surface area contributed by atoms with E-state index in [4.69, 9.17) is 11.6 Å². The number of halogens is 1. The molecule has 0 unspecified atom stereocenters. The number of hydrogen-bond donors (Lipinski definition) is 0. The van der Waals surface area contributed by atoms with E-state index in [1.807, 2.05) is 18.2 Å². The lowest BCUT2D eigenvalue weighted by Crippen LogP contribution is -2.30. The second-order valence-corrected chi connectivity index (χ2v) is 5.47. The minimum atomic E-state index is 0.717. The summed E-state index contributed by atoms with van der Waals surface area (Å²) >= 11 is 7.83. The van der Waals surface area contributed by atoms with E-state index in [2.05, 4.69) is 41.0 Å². The Labute approximate surface area is 114 Å². The molecule has 0 aliphatic carbocycles. The SMILES string of the molecule is CC[n+]1cccc(-c2nc3c(Cl)cccc3s2)c1. The van der Waals surface area contributed by atoms with E-state index in [0.717, 1.165) is 27.3 Å². The van der Waals surface area contributed by atoms with Gasteiger partial charge in [-0.3, -0.25) is 0 Å². The maximum atomic E-state index is 6.16. The summed E-state index contributed by atoms with van der Waals surface area (Å²) in [5.74, 6) is 0. The maximum absolute atomic E-state index is 6.16. The first kappa shape index (κ1) is 11.6. The van der Waals surface area contributed by atoms with Crippen LogP contribution in [0.3, 0.4) is 0 Å². The predicted octanol–water partition coefficient (Wildman–Crippen LogP) is 3.92. The molecule has 4 heteroatoms. The predicted molar refractivity (Wildman–Crippen MR) is 75.9 cm³/mol. The van der Waals surface area contributed by atoms with Crippen LogP contribution in [0.5, 0.6) is 0 Å². The second-order valence-electron chi connectivity index (χ2n) is 4.03. The van der Waals surface area contributed by atoms with Gasteiger partial charge < -0.3 is 0 Å². The van der Waals surface area contributed by atoms with Gasteiger partial charge in [-0.1, -0.05) is 17.7 Å². The molecule has 3 rings (SSSR count). The van der Waals surface area contributed by atoms with Crippen molar-refractivity contribution in [3.8, 4) is 10.6 Å². The van der Waals surface area contributed by atoms with Gasteiger partial charge in [0.1, 0.15) is 17.1 Å². The molecule has 3 aromatic rings. The van der Waals surface area contributed by atoms with Crippen LogP contribution in [0, 0.1) is 0 Å². The Morgan fingerprint density at radius 3 is 2.94 bits per heavy atom. The van der Waals surface area contributed by atoms with Crippen molar-refractivity contribution in [2.45, 2.75) is 13.5 Å². The fourth-order valence-electron chi connectivity index (χ4n) is 1.88. The molecule has 0 saturated heterocycles. The first-order chi connectivity index (χ1) is 8.78. The first-order valence-electron chi connectivity index (χ1n) is 5.82. The summed E-state index contributed by atoms with van der Waals surface area (Å²) < 4.78 is 3.27. The molecule has 0 saturated carbocycles. The zero-order valence-electron chi connectivity index (χ0n) is 9.93. The van der Waals surface area contributed by atoms with Crippen LogP contribution in [-0.4, -0.2) is 4.98 Å². The van der Waals surface area contributed by atoms with Crippen molar-refractivity contribution in [2.75, 3.05) is 0 Å². The standard InChI is InChI=1S/C14H12ClN2S/c1-2-17-8-4-5-10(9-17)14-16-13-11(15)6-3-7-12(13)18-14/h3-9H,2H2,1H3/q+1. The average Bonchev–Trinajstić information content (AvgIpc) is 2.84. The van der Waals surface area contributed by atoms with Crippen molar-refractivity contribution in [2.24, 2.45) is 0 Å². The smallest absolute Gasteiger partial charge is 0.179 e. The molecule has 0 fully saturated rings. The van der Waals surface area contributed by atoms with E-state index >= 15 is 0 Å². The molecule has 0 bridgehead atoms. The molecular weight excluding hydrogens is 264 g/mol. The van der Waals surface area contributed by atoms with Gasteiger partial charge in [-0.15, -0.1) is 11.3 Å². The van der Waals surface area contributed by atoms with Crippen LogP contribution in [0.15, 0.2) is 42.7 Å². The quantitative estimate of drug-likeness (QED) is 0.648. The highest BCUT2D eigenvalue weighted by Crippen LogP contribution is 2.32. The molecule has 2 nitrogen and oxygen atoms in total. The molecule has 2 heterocycles. The third-order valence-corrected chi connectivity index (χ3v) is 4.21. The van der Waals surface area contributed by atoms with Crippen LogP contribution in [0.4, 0.5) is 0 Å². The number of nitrogens with zero attached hydrogens (tertiary/aromatic N) is 2. The van der Waals surface area contributed by atoms with Crippen molar-refractivity contribution < 1.29 is 4.57 Å². The van der Waals surface area contributed by atoms with E-state index < -0.39 is 0 Å². The van der Waals surface area contributed by atoms with Gasteiger partial charge in [-0.2, -0.15) is 0 Å². The molecule has 0 radical (unpaired) electrons. The van der Waals surface area contributed by atoms with Gasteiger partial charge in [0, 0.05) is 6.07 Å². The Hall–Kier alpha value is -1.45. The van der Waals surface area contributed by atoms with Crippen molar-refractivity contribution in [1.29, 1.82) is 0 Å². The summed E-state index contributed by atoms with van der Waals surface area (Å²) in [5.41, 5.74) is 2.03. The molecule has 0 aliphatic rings. The summed E-state index contributed by atoms with van der Waals surface area (Å²) in [6, 6.07) is 10.0. The van der Waals surface area contributed by atoms with Crippen LogP contribution in [0.1, 0.15) is 6.92 Å². The fraction of sp³-hybridized carbons (Fsp3) is 0.143. The number of hydrogen-bond acceptors (Lipinski definition) is 2. The molecule has 0 amide bonds. The van der Waals surface area contributed by atoms with Crippen molar-refractivity contribution in [3.63, 3.8) is 0 Å². The number of aryl methyl sites for hydroxylation is 1.